The molecule has 11 heteroatoms. The van der Waals surface area contributed by atoms with Crippen LogP contribution in [0.25, 0.3) is 0 Å². The fraction of sp³-hybridized carbons (Fsp3) is 0.760. The molecule has 206 valence electrons. The quantitative estimate of drug-likeness (QED) is 0.584. The number of rotatable bonds is 6. The van der Waals surface area contributed by atoms with Crippen molar-refractivity contribution in [3.05, 3.63) is 23.5 Å². The van der Waals surface area contributed by atoms with Gasteiger partial charge in [-0.25, -0.2) is 8.78 Å². The van der Waals surface area contributed by atoms with Crippen LogP contribution in [0.4, 0.5) is 14.5 Å². The molecule has 2 fully saturated rings. The number of fused-ring (bicyclic) bond motifs is 1. The molecule has 0 bridgehead atoms. The maximum absolute atomic E-state index is 14.0. The van der Waals surface area contributed by atoms with Gasteiger partial charge < -0.3 is 15.0 Å². The Morgan fingerprint density at radius 2 is 2.00 bits per heavy atom. The predicted molar refractivity (Wildman–Crippen MR) is 143 cm³/mol. The van der Waals surface area contributed by atoms with Gasteiger partial charge in [-0.15, -0.1) is 24.8 Å². The molecular weight excluding hydrogens is 511 g/mol. The minimum atomic E-state index is -3.00. The van der Waals surface area contributed by atoms with Crippen LogP contribution >= 0.6 is 24.8 Å². The summed E-state index contributed by atoms with van der Waals surface area (Å²) in [7, 11) is 0. The van der Waals surface area contributed by atoms with Crippen LogP contribution in [0.15, 0.2) is 12.3 Å². The minimum Gasteiger partial charge on any atom is -0.378 e. The van der Waals surface area contributed by atoms with Crippen LogP contribution in [-0.4, -0.2) is 91.3 Å². The first kappa shape index (κ1) is 31.1. The summed E-state index contributed by atoms with van der Waals surface area (Å²) in [4.78, 5) is 24.4. The number of carbonyl (C=O) groups excluding carboxylic acids is 1. The van der Waals surface area contributed by atoms with E-state index in [4.69, 9.17) is 4.74 Å². The number of anilines is 1. The highest BCUT2D eigenvalue weighted by Gasteiger charge is 2.42. The van der Waals surface area contributed by atoms with E-state index in [1.165, 1.54) is 12.3 Å². The van der Waals surface area contributed by atoms with Crippen molar-refractivity contribution < 1.29 is 18.3 Å². The fourth-order valence-electron chi connectivity index (χ4n) is 5.44. The molecule has 0 saturated carbocycles. The van der Waals surface area contributed by atoms with E-state index in [9.17, 15) is 13.6 Å². The smallest absolute Gasteiger partial charge is 0.272 e. The van der Waals surface area contributed by atoms with E-state index in [0.717, 1.165) is 52.7 Å². The number of halogens is 4. The lowest BCUT2D eigenvalue weighted by Crippen LogP contribution is -2.62. The molecule has 0 spiro atoms. The second-order valence-electron chi connectivity index (χ2n) is 10.9. The molecule has 0 unspecified atom stereocenters. The van der Waals surface area contributed by atoms with E-state index >= 15 is 0 Å². The molecule has 0 aromatic carbocycles. The number of ether oxygens (including phenoxy) is 1. The summed E-state index contributed by atoms with van der Waals surface area (Å²) >= 11 is 0. The van der Waals surface area contributed by atoms with Crippen molar-refractivity contribution in [3.63, 3.8) is 0 Å². The van der Waals surface area contributed by atoms with E-state index in [-0.39, 0.29) is 60.3 Å². The Hall–Kier alpha value is -1.10. The van der Waals surface area contributed by atoms with Crippen molar-refractivity contribution in [2.45, 2.75) is 70.5 Å². The van der Waals surface area contributed by atoms with Gasteiger partial charge in [-0.05, 0) is 19.4 Å². The molecule has 1 amide bonds. The molecule has 1 aromatic heterocycles. The van der Waals surface area contributed by atoms with Crippen LogP contribution in [0, 0.1) is 0 Å². The van der Waals surface area contributed by atoms with Gasteiger partial charge >= 0.3 is 0 Å². The molecule has 36 heavy (non-hydrogen) atoms. The Balaban J connectivity index is 0.00000228. The zero-order valence-electron chi connectivity index (χ0n) is 21.9. The summed E-state index contributed by atoms with van der Waals surface area (Å²) in [5.41, 5.74) is 0.685. The van der Waals surface area contributed by atoms with E-state index in [1.807, 2.05) is 13.8 Å². The second kappa shape index (κ2) is 12.2. The fourth-order valence-corrected chi connectivity index (χ4v) is 5.44. The summed E-state index contributed by atoms with van der Waals surface area (Å²) in [6, 6.07) is 2.33. The van der Waals surface area contributed by atoms with Gasteiger partial charge in [-0.1, -0.05) is 20.8 Å². The summed E-state index contributed by atoms with van der Waals surface area (Å²) in [6.07, 6.45) is 2.28. The van der Waals surface area contributed by atoms with Gasteiger partial charge in [0.25, 0.3) is 5.92 Å². The van der Waals surface area contributed by atoms with Crippen molar-refractivity contribution in [1.29, 1.82) is 0 Å². The number of amides is 1. The van der Waals surface area contributed by atoms with Crippen LogP contribution in [0.1, 0.15) is 52.3 Å². The molecular formula is C25H41Cl2F2N5O2. The van der Waals surface area contributed by atoms with Gasteiger partial charge in [0.05, 0.1) is 31.1 Å². The number of pyridine rings is 1. The average Bonchev–Trinajstić information content (AvgIpc) is 3.06. The van der Waals surface area contributed by atoms with Gasteiger partial charge in [-0.3, -0.25) is 19.6 Å². The summed E-state index contributed by atoms with van der Waals surface area (Å²) in [6.45, 7) is 14.8. The van der Waals surface area contributed by atoms with Gasteiger partial charge in [-0.2, -0.15) is 0 Å². The van der Waals surface area contributed by atoms with E-state index in [1.54, 1.807) is 4.90 Å². The minimum absolute atomic E-state index is 0. The Morgan fingerprint density at radius 1 is 1.28 bits per heavy atom. The van der Waals surface area contributed by atoms with E-state index in [0.29, 0.717) is 24.0 Å². The van der Waals surface area contributed by atoms with Gasteiger partial charge in [0.15, 0.2) is 0 Å². The monoisotopic (exact) mass is 551 g/mol. The first-order valence-corrected chi connectivity index (χ1v) is 12.5. The molecule has 3 atom stereocenters. The average molecular weight is 553 g/mol. The Morgan fingerprint density at radius 3 is 2.67 bits per heavy atom. The third-order valence-corrected chi connectivity index (χ3v) is 7.49. The maximum atomic E-state index is 14.0. The molecule has 0 aliphatic carbocycles. The van der Waals surface area contributed by atoms with Gasteiger partial charge in [0.1, 0.15) is 0 Å². The zero-order valence-corrected chi connectivity index (χ0v) is 23.6. The number of nitrogens with zero attached hydrogens (tertiary/aromatic N) is 4. The van der Waals surface area contributed by atoms with Crippen molar-refractivity contribution in [3.8, 4) is 0 Å². The first-order chi connectivity index (χ1) is 16.0. The number of hydrogen-bond acceptors (Lipinski definition) is 6. The lowest BCUT2D eigenvalue weighted by atomic mass is 9.91. The Bertz CT molecular complexity index is 902. The predicted octanol–water partition coefficient (Wildman–Crippen LogP) is 3.43. The Kier molecular flexibility index (Phi) is 10.5. The number of hydrogen-bond donors (Lipinski definition) is 1. The van der Waals surface area contributed by atoms with Crippen LogP contribution < -0.4 is 10.2 Å². The molecule has 1 aromatic rings. The van der Waals surface area contributed by atoms with E-state index in [2.05, 4.69) is 33.9 Å². The van der Waals surface area contributed by atoms with Gasteiger partial charge in [0, 0.05) is 74.9 Å². The second-order valence-corrected chi connectivity index (χ2v) is 10.9. The molecule has 1 N–H and O–H groups in total. The Labute approximate surface area is 226 Å². The van der Waals surface area contributed by atoms with Crippen LogP contribution in [0.2, 0.25) is 0 Å². The normalized spacial score (nSPS) is 26.6. The molecule has 3 aliphatic rings. The third kappa shape index (κ3) is 6.66. The number of aromatic nitrogens is 1. The number of nitrogens with one attached hydrogen (secondary N) is 1. The lowest BCUT2D eigenvalue weighted by Gasteiger charge is -2.44. The van der Waals surface area contributed by atoms with Crippen molar-refractivity contribution in [2.75, 3.05) is 57.4 Å². The highest BCUT2D eigenvalue weighted by atomic mass is 35.5. The van der Waals surface area contributed by atoms with Crippen LogP contribution in [0.3, 0.4) is 0 Å². The molecule has 7 nitrogen and oxygen atoms in total. The molecule has 4 rings (SSSR count). The largest absolute Gasteiger partial charge is 0.378 e. The highest BCUT2D eigenvalue weighted by Crippen LogP contribution is 2.41. The van der Waals surface area contributed by atoms with Crippen LogP contribution in [-0.2, 0) is 20.9 Å². The topological polar surface area (TPSA) is 60.9 Å². The highest BCUT2D eigenvalue weighted by molar-refractivity contribution is 5.97. The third-order valence-electron chi connectivity index (χ3n) is 7.49. The standard InChI is InChI=1S/C25H39F2N5O2.2ClH/c1-6-19-15-34-8-7-30(19)13-20-11-28-17(2)12-31(20)14-22(33)32-16-24(3,4)23-21(32)9-18(10-29-23)25(5,26)27;;/h9-10,17,19-20,28H,6-8,11-16H2,1-5H3;2*1H/t17-,19+,20-;;/m1../s1. The number of carbonyl (C=O) groups is 1. The molecule has 2 saturated heterocycles. The molecule has 4 heterocycles. The number of alkyl halides is 2. The van der Waals surface area contributed by atoms with E-state index < -0.39 is 5.92 Å². The summed E-state index contributed by atoms with van der Waals surface area (Å²) in [5, 5.41) is 3.56. The van der Waals surface area contributed by atoms with Gasteiger partial charge in [0.2, 0.25) is 5.91 Å². The van der Waals surface area contributed by atoms with Crippen molar-refractivity contribution in [2.24, 2.45) is 0 Å². The van der Waals surface area contributed by atoms with Crippen molar-refractivity contribution in [1.82, 2.24) is 20.1 Å². The van der Waals surface area contributed by atoms with Crippen LogP contribution in [0.5, 0.6) is 0 Å². The lowest BCUT2D eigenvalue weighted by molar-refractivity contribution is -0.121. The maximum Gasteiger partial charge on any atom is 0.272 e. The molecule has 0 radical (unpaired) electrons. The molecule has 3 aliphatic heterocycles. The van der Waals surface area contributed by atoms with Crippen molar-refractivity contribution >= 4 is 36.4 Å². The number of piperazine rings is 1. The zero-order chi connectivity index (χ0) is 24.7. The summed E-state index contributed by atoms with van der Waals surface area (Å²) < 4.78 is 33.7. The SMILES string of the molecule is CC[C@H]1COCCN1C[C@H]1CN[C@H](C)CN1CC(=O)N1CC(C)(C)c2ncc(C(C)(F)F)cc21.Cl.Cl. The number of morpholine rings is 1. The first-order valence-electron chi connectivity index (χ1n) is 12.5. The summed E-state index contributed by atoms with van der Waals surface area (Å²) in [5.74, 6) is -3.06.